The van der Waals surface area contributed by atoms with Crippen LogP contribution in [-0.2, 0) is 20.7 Å². The number of hydrogen-bond acceptors (Lipinski definition) is 4. The number of benzene rings is 1. The lowest BCUT2D eigenvalue weighted by molar-refractivity contribution is -0.147. The van der Waals surface area contributed by atoms with E-state index >= 15 is 0 Å². The predicted molar refractivity (Wildman–Crippen MR) is 77.0 cm³/mol. The number of ether oxygens (including phenoxy) is 1. The number of rotatable bonds is 7. The highest BCUT2D eigenvalue weighted by Crippen LogP contribution is 2.04. The van der Waals surface area contributed by atoms with Crippen molar-refractivity contribution in [3.05, 3.63) is 35.9 Å². The van der Waals surface area contributed by atoms with Gasteiger partial charge in [0.2, 0.25) is 5.91 Å². The van der Waals surface area contributed by atoms with E-state index in [9.17, 15) is 9.59 Å². The molecule has 1 aromatic rings. The van der Waals surface area contributed by atoms with Crippen molar-refractivity contribution in [3.8, 4) is 0 Å². The van der Waals surface area contributed by atoms with Crippen molar-refractivity contribution in [2.75, 3.05) is 6.61 Å². The van der Waals surface area contributed by atoms with Crippen molar-refractivity contribution < 1.29 is 14.3 Å². The van der Waals surface area contributed by atoms with Gasteiger partial charge in [-0.25, -0.2) is 4.79 Å². The van der Waals surface area contributed by atoms with Crippen LogP contribution in [0.15, 0.2) is 30.3 Å². The van der Waals surface area contributed by atoms with Gasteiger partial charge in [-0.15, -0.1) is 0 Å². The van der Waals surface area contributed by atoms with Gasteiger partial charge in [-0.3, -0.25) is 4.79 Å². The molecule has 1 aromatic carbocycles. The molecule has 0 saturated carbocycles. The Morgan fingerprint density at radius 3 is 2.55 bits per heavy atom. The number of nitrogens with two attached hydrogens (primary N) is 1. The monoisotopic (exact) mass is 278 g/mol. The summed E-state index contributed by atoms with van der Waals surface area (Å²) in [5.41, 5.74) is 6.96. The Bertz CT molecular complexity index is 434. The first-order valence-corrected chi connectivity index (χ1v) is 6.81. The maximum absolute atomic E-state index is 11.8. The smallest absolute Gasteiger partial charge is 0.328 e. The van der Waals surface area contributed by atoms with Crippen LogP contribution < -0.4 is 11.1 Å². The van der Waals surface area contributed by atoms with Crippen molar-refractivity contribution in [2.24, 2.45) is 5.73 Å². The van der Waals surface area contributed by atoms with Gasteiger partial charge in [0.05, 0.1) is 12.6 Å². The third kappa shape index (κ3) is 5.40. The van der Waals surface area contributed by atoms with Crippen molar-refractivity contribution in [3.63, 3.8) is 0 Å². The molecule has 0 saturated heterocycles. The molecule has 0 aliphatic heterocycles. The van der Waals surface area contributed by atoms with Crippen LogP contribution >= 0.6 is 0 Å². The van der Waals surface area contributed by atoms with Crippen molar-refractivity contribution in [1.29, 1.82) is 0 Å². The molecular weight excluding hydrogens is 256 g/mol. The van der Waals surface area contributed by atoms with E-state index in [4.69, 9.17) is 10.5 Å². The molecule has 0 fully saturated rings. The summed E-state index contributed by atoms with van der Waals surface area (Å²) in [4.78, 5) is 23.2. The minimum atomic E-state index is -0.676. The molecule has 0 aliphatic rings. The van der Waals surface area contributed by atoms with Crippen molar-refractivity contribution >= 4 is 11.9 Å². The van der Waals surface area contributed by atoms with Crippen LogP contribution in [0.1, 0.15) is 25.8 Å². The zero-order valence-electron chi connectivity index (χ0n) is 12.0. The molecule has 0 bridgehead atoms. The Balaban J connectivity index is 2.37. The third-order valence-corrected chi connectivity index (χ3v) is 2.92. The topological polar surface area (TPSA) is 81.4 Å². The fourth-order valence-corrected chi connectivity index (χ4v) is 1.74. The molecule has 3 N–H and O–H groups in total. The highest BCUT2D eigenvalue weighted by atomic mass is 16.5. The van der Waals surface area contributed by atoms with Crippen molar-refractivity contribution in [2.45, 2.75) is 38.8 Å². The van der Waals surface area contributed by atoms with Gasteiger partial charge in [0.15, 0.2) is 0 Å². The normalized spacial score (nSPS) is 13.3. The maximum atomic E-state index is 11.8. The molecule has 0 aliphatic carbocycles. The maximum Gasteiger partial charge on any atom is 0.328 e. The van der Waals surface area contributed by atoms with E-state index in [2.05, 4.69) is 5.32 Å². The second-order valence-electron chi connectivity index (χ2n) is 4.61. The number of aryl methyl sites for hydroxylation is 1. The first-order valence-electron chi connectivity index (χ1n) is 6.81. The van der Waals surface area contributed by atoms with Crippen LogP contribution in [-0.4, -0.2) is 30.6 Å². The van der Waals surface area contributed by atoms with Gasteiger partial charge < -0.3 is 15.8 Å². The first kappa shape index (κ1) is 16.2. The molecule has 0 spiro atoms. The summed E-state index contributed by atoms with van der Waals surface area (Å²) in [5, 5.41) is 2.56. The molecule has 0 aromatic heterocycles. The number of nitrogens with one attached hydrogen (secondary N) is 1. The Kier molecular flexibility index (Phi) is 6.73. The van der Waals surface area contributed by atoms with E-state index in [0.29, 0.717) is 13.0 Å². The second kappa shape index (κ2) is 8.32. The van der Waals surface area contributed by atoms with Gasteiger partial charge in [0.25, 0.3) is 0 Å². The number of carbonyl (C=O) groups excluding carboxylic acids is 2. The summed E-state index contributed by atoms with van der Waals surface area (Å²) in [7, 11) is 0. The molecule has 110 valence electrons. The molecule has 5 heteroatoms. The fourth-order valence-electron chi connectivity index (χ4n) is 1.74. The van der Waals surface area contributed by atoms with E-state index in [0.717, 1.165) is 12.0 Å². The van der Waals surface area contributed by atoms with Crippen LogP contribution in [0, 0.1) is 0 Å². The highest BCUT2D eigenvalue weighted by molar-refractivity contribution is 5.87. The zero-order valence-corrected chi connectivity index (χ0v) is 12.0. The van der Waals surface area contributed by atoms with Gasteiger partial charge in [0.1, 0.15) is 6.04 Å². The number of esters is 1. The third-order valence-electron chi connectivity index (χ3n) is 2.92. The number of hydrogen-bond donors (Lipinski definition) is 2. The van der Waals surface area contributed by atoms with Gasteiger partial charge >= 0.3 is 5.97 Å². The average molecular weight is 278 g/mol. The van der Waals surface area contributed by atoms with Gasteiger partial charge in [-0.1, -0.05) is 30.3 Å². The summed E-state index contributed by atoms with van der Waals surface area (Å²) in [6.45, 7) is 3.59. The van der Waals surface area contributed by atoms with Crippen LogP contribution in [0.25, 0.3) is 0 Å². The van der Waals surface area contributed by atoms with E-state index < -0.39 is 18.1 Å². The van der Waals surface area contributed by atoms with Crippen molar-refractivity contribution in [1.82, 2.24) is 5.32 Å². The summed E-state index contributed by atoms with van der Waals surface area (Å²) >= 11 is 0. The Morgan fingerprint density at radius 1 is 1.30 bits per heavy atom. The lowest BCUT2D eigenvalue weighted by Crippen LogP contribution is -2.47. The van der Waals surface area contributed by atoms with Crippen LogP contribution in [0.5, 0.6) is 0 Å². The van der Waals surface area contributed by atoms with Crippen LogP contribution in [0.2, 0.25) is 0 Å². The van der Waals surface area contributed by atoms with E-state index in [1.165, 1.54) is 0 Å². The average Bonchev–Trinajstić information content (AvgIpc) is 2.45. The molecule has 2 atom stereocenters. The molecule has 0 radical (unpaired) electrons. The van der Waals surface area contributed by atoms with Gasteiger partial charge in [0, 0.05) is 0 Å². The quantitative estimate of drug-likeness (QED) is 0.729. The minimum Gasteiger partial charge on any atom is -0.464 e. The van der Waals surface area contributed by atoms with Gasteiger partial charge in [-0.2, -0.15) is 0 Å². The molecule has 20 heavy (non-hydrogen) atoms. The summed E-state index contributed by atoms with van der Waals surface area (Å²) in [5.74, 6) is -0.780. The first-order chi connectivity index (χ1) is 9.54. The fraction of sp³-hybridized carbons (Fsp3) is 0.467. The standard InChI is InChI=1S/C15H22N2O3/c1-3-20-15(19)11(2)17-14(18)13(16)10-9-12-7-5-4-6-8-12/h4-8,11,13H,3,9-10,16H2,1-2H3,(H,17,18)/t11?,13-/m0/s1. The Hall–Kier alpha value is -1.88. The largest absolute Gasteiger partial charge is 0.464 e. The predicted octanol–water partition coefficient (Wildman–Crippen LogP) is 1.01. The van der Waals surface area contributed by atoms with Crippen LogP contribution in [0.3, 0.4) is 0 Å². The molecule has 1 unspecified atom stereocenters. The zero-order chi connectivity index (χ0) is 15.0. The molecule has 0 heterocycles. The minimum absolute atomic E-state index is 0.291. The number of amides is 1. The lowest BCUT2D eigenvalue weighted by atomic mass is 10.1. The van der Waals surface area contributed by atoms with Crippen LogP contribution in [0.4, 0.5) is 0 Å². The highest BCUT2D eigenvalue weighted by Gasteiger charge is 2.20. The van der Waals surface area contributed by atoms with E-state index in [1.807, 2.05) is 30.3 Å². The summed E-state index contributed by atoms with van der Waals surface area (Å²) < 4.78 is 4.82. The molecule has 1 rings (SSSR count). The molecular formula is C15H22N2O3. The molecule has 5 nitrogen and oxygen atoms in total. The Labute approximate surface area is 119 Å². The second-order valence-corrected chi connectivity index (χ2v) is 4.61. The molecule has 1 amide bonds. The van der Waals surface area contributed by atoms with E-state index in [1.54, 1.807) is 13.8 Å². The summed E-state index contributed by atoms with van der Waals surface area (Å²) in [6.07, 6.45) is 1.26. The lowest BCUT2D eigenvalue weighted by Gasteiger charge is -2.16. The number of carbonyl (C=O) groups is 2. The van der Waals surface area contributed by atoms with Gasteiger partial charge in [-0.05, 0) is 32.3 Å². The summed E-state index contributed by atoms with van der Waals surface area (Å²) in [6, 6.07) is 8.51. The van der Waals surface area contributed by atoms with E-state index in [-0.39, 0.29) is 5.91 Å². The SMILES string of the molecule is CCOC(=O)C(C)NC(=O)[C@@H](N)CCc1ccccc1. The Morgan fingerprint density at radius 2 is 1.95 bits per heavy atom.